The van der Waals surface area contributed by atoms with E-state index in [9.17, 15) is 18.0 Å². The number of hydrogen-bond donors (Lipinski definition) is 0. The Balaban J connectivity index is 1.41. The zero-order chi connectivity index (χ0) is 29.3. The van der Waals surface area contributed by atoms with E-state index in [2.05, 4.69) is 4.90 Å². The molecule has 2 heterocycles. The number of fused-ring (bicyclic) bond motifs is 1. The summed E-state index contributed by atoms with van der Waals surface area (Å²) in [6.45, 7) is 5.69. The molecule has 1 fully saturated rings. The van der Waals surface area contributed by atoms with E-state index in [0.29, 0.717) is 43.9 Å². The van der Waals surface area contributed by atoms with E-state index < -0.39 is 10.0 Å². The normalized spacial score (nSPS) is 19.4. The predicted octanol–water partition coefficient (Wildman–Crippen LogP) is 4.31. The van der Waals surface area contributed by atoms with Crippen LogP contribution in [0.4, 0.5) is 17.1 Å². The van der Waals surface area contributed by atoms with Gasteiger partial charge in [-0.3, -0.25) is 9.59 Å². The fourth-order valence-corrected chi connectivity index (χ4v) is 6.72. The Kier molecular flexibility index (Phi) is 8.06. The fraction of sp³-hybridized carbons (Fsp3) is 0.355. The highest BCUT2D eigenvalue weighted by molar-refractivity contribution is 7.88. The van der Waals surface area contributed by atoms with Gasteiger partial charge in [0.15, 0.2) is 0 Å². The third-order valence-electron chi connectivity index (χ3n) is 7.97. The van der Waals surface area contributed by atoms with Gasteiger partial charge in [-0.25, -0.2) is 8.42 Å². The number of carbonyl (C=O) groups excluding carboxylic acids is 2. The summed E-state index contributed by atoms with van der Waals surface area (Å²) in [5.41, 5.74) is 4.05. The highest BCUT2D eigenvalue weighted by Crippen LogP contribution is 2.43. The molecular formula is C31H36N4O5S. The van der Waals surface area contributed by atoms with Gasteiger partial charge in [-0.15, -0.1) is 0 Å². The van der Waals surface area contributed by atoms with Gasteiger partial charge in [0.05, 0.1) is 19.4 Å². The summed E-state index contributed by atoms with van der Waals surface area (Å²) in [5.74, 6) is 0.509. The minimum atomic E-state index is -3.20. The van der Waals surface area contributed by atoms with Gasteiger partial charge in [0.25, 0.3) is 5.91 Å². The molecule has 9 nitrogen and oxygen atoms in total. The van der Waals surface area contributed by atoms with Crippen LogP contribution in [0.3, 0.4) is 0 Å². The molecule has 3 aromatic rings. The first-order chi connectivity index (χ1) is 19.6. The average Bonchev–Trinajstić information content (AvgIpc) is 2.97. The third-order valence-corrected chi connectivity index (χ3v) is 9.27. The standard InChI is InChI=1S/C31H36N4O5S/c1-22-21-30(28-7-5-6-8-29(28)34(22)31(37)24-9-15-27(40-3)16-10-24)35(23(2)36)26-13-11-25(12-14-26)32-17-19-33(20-18-32)41(4,38)39/h5-16,22,30H,17-21H2,1-4H3/t22-,30+/m0/s1. The molecule has 0 radical (unpaired) electrons. The van der Waals surface area contributed by atoms with Crippen LogP contribution in [0.2, 0.25) is 0 Å². The molecule has 1 saturated heterocycles. The number of para-hydroxylation sites is 1. The van der Waals surface area contributed by atoms with Crippen molar-refractivity contribution in [2.75, 3.05) is 54.2 Å². The predicted molar refractivity (Wildman–Crippen MR) is 161 cm³/mol. The van der Waals surface area contributed by atoms with Gasteiger partial charge in [-0.2, -0.15) is 4.31 Å². The van der Waals surface area contributed by atoms with Gasteiger partial charge in [0, 0.05) is 61.8 Å². The summed E-state index contributed by atoms with van der Waals surface area (Å²) < 4.78 is 30.5. The Morgan fingerprint density at radius 3 is 2.12 bits per heavy atom. The third kappa shape index (κ3) is 5.80. The molecule has 41 heavy (non-hydrogen) atoms. The Morgan fingerprint density at radius 2 is 1.54 bits per heavy atom. The van der Waals surface area contributed by atoms with Crippen LogP contribution in [0, 0.1) is 0 Å². The lowest BCUT2D eigenvalue weighted by atomic mass is 9.89. The van der Waals surface area contributed by atoms with Crippen LogP contribution in [-0.2, 0) is 14.8 Å². The molecule has 0 N–H and O–H groups in total. The number of piperazine rings is 1. The minimum absolute atomic E-state index is 0.0820. The summed E-state index contributed by atoms with van der Waals surface area (Å²) in [6, 6.07) is 22.4. The van der Waals surface area contributed by atoms with Gasteiger partial charge >= 0.3 is 0 Å². The molecule has 0 aromatic heterocycles. The number of carbonyl (C=O) groups is 2. The second-order valence-electron chi connectivity index (χ2n) is 10.6. The van der Waals surface area contributed by atoms with Crippen molar-refractivity contribution in [2.24, 2.45) is 0 Å². The highest BCUT2D eigenvalue weighted by atomic mass is 32.2. The Morgan fingerprint density at radius 1 is 0.902 bits per heavy atom. The lowest BCUT2D eigenvalue weighted by Gasteiger charge is -2.43. The van der Waals surface area contributed by atoms with Crippen LogP contribution in [0.15, 0.2) is 72.8 Å². The van der Waals surface area contributed by atoms with E-state index in [-0.39, 0.29) is 23.9 Å². The van der Waals surface area contributed by atoms with Gasteiger partial charge in [-0.05, 0) is 73.5 Å². The topological polar surface area (TPSA) is 90.5 Å². The van der Waals surface area contributed by atoms with Crippen molar-refractivity contribution in [1.82, 2.24) is 4.31 Å². The number of hydrogen-bond acceptors (Lipinski definition) is 6. The number of ether oxygens (including phenoxy) is 1. The van der Waals surface area contributed by atoms with Crippen molar-refractivity contribution in [3.8, 4) is 5.75 Å². The number of benzene rings is 3. The molecule has 0 unspecified atom stereocenters. The second kappa shape index (κ2) is 11.5. The van der Waals surface area contributed by atoms with Gasteiger partial charge < -0.3 is 19.4 Å². The minimum Gasteiger partial charge on any atom is -0.497 e. The maximum absolute atomic E-state index is 13.7. The molecule has 216 valence electrons. The van der Waals surface area contributed by atoms with E-state index in [1.807, 2.05) is 65.3 Å². The van der Waals surface area contributed by atoms with Crippen LogP contribution >= 0.6 is 0 Å². The molecule has 2 amide bonds. The van der Waals surface area contributed by atoms with Crippen molar-refractivity contribution in [1.29, 1.82) is 0 Å². The van der Waals surface area contributed by atoms with Gasteiger partial charge in [-0.1, -0.05) is 18.2 Å². The molecule has 0 saturated carbocycles. The summed E-state index contributed by atoms with van der Waals surface area (Å²) in [5, 5.41) is 0. The maximum Gasteiger partial charge on any atom is 0.258 e. The van der Waals surface area contributed by atoms with Crippen LogP contribution < -0.4 is 19.4 Å². The Bertz CT molecular complexity index is 1520. The van der Waals surface area contributed by atoms with E-state index in [4.69, 9.17) is 4.74 Å². The fourth-order valence-electron chi connectivity index (χ4n) is 5.89. The van der Waals surface area contributed by atoms with Crippen LogP contribution in [-0.4, -0.2) is 70.1 Å². The first-order valence-electron chi connectivity index (χ1n) is 13.7. The quantitative estimate of drug-likeness (QED) is 0.435. The van der Waals surface area contributed by atoms with Crippen LogP contribution in [0.5, 0.6) is 5.75 Å². The molecule has 0 bridgehead atoms. The van der Waals surface area contributed by atoms with Crippen molar-refractivity contribution in [3.63, 3.8) is 0 Å². The van der Waals surface area contributed by atoms with Crippen molar-refractivity contribution in [3.05, 3.63) is 83.9 Å². The lowest BCUT2D eigenvalue weighted by molar-refractivity contribution is -0.117. The highest BCUT2D eigenvalue weighted by Gasteiger charge is 2.38. The zero-order valence-electron chi connectivity index (χ0n) is 23.9. The summed E-state index contributed by atoms with van der Waals surface area (Å²) in [4.78, 5) is 32.6. The molecule has 2 aliphatic rings. The molecule has 0 aliphatic carbocycles. The zero-order valence-corrected chi connectivity index (χ0v) is 24.7. The Hall–Kier alpha value is -3.89. The molecule has 5 rings (SSSR count). The van der Waals surface area contributed by atoms with Crippen molar-refractivity contribution >= 4 is 38.9 Å². The molecule has 0 spiro atoms. The number of amides is 2. The van der Waals surface area contributed by atoms with E-state index in [1.165, 1.54) is 10.6 Å². The second-order valence-corrected chi connectivity index (χ2v) is 12.6. The monoisotopic (exact) mass is 576 g/mol. The lowest BCUT2D eigenvalue weighted by Crippen LogP contribution is -2.48. The number of methoxy groups -OCH3 is 1. The summed E-state index contributed by atoms with van der Waals surface area (Å²) in [6.07, 6.45) is 1.82. The first-order valence-corrected chi connectivity index (χ1v) is 15.6. The summed E-state index contributed by atoms with van der Waals surface area (Å²) >= 11 is 0. The number of anilines is 3. The summed E-state index contributed by atoms with van der Waals surface area (Å²) in [7, 11) is -1.60. The van der Waals surface area contributed by atoms with E-state index >= 15 is 0 Å². The number of nitrogens with zero attached hydrogens (tertiary/aromatic N) is 4. The molecular weight excluding hydrogens is 540 g/mol. The number of sulfonamides is 1. The smallest absolute Gasteiger partial charge is 0.258 e. The van der Waals surface area contributed by atoms with E-state index in [1.54, 1.807) is 38.3 Å². The van der Waals surface area contributed by atoms with E-state index in [0.717, 1.165) is 22.6 Å². The molecule has 3 aromatic carbocycles. The van der Waals surface area contributed by atoms with Gasteiger partial charge in [0.2, 0.25) is 15.9 Å². The molecule has 2 aliphatic heterocycles. The van der Waals surface area contributed by atoms with Crippen molar-refractivity contribution < 1.29 is 22.7 Å². The Labute approximate surface area is 242 Å². The van der Waals surface area contributed by atoms with Gasteiger partial charge in [0.1, 0.15) is 5.75 Å². The molecule has 10 heteroatoms. The average molecular weight is 577 g/mol. The first kappa shape index (κ1) is 28.6. The SMILES string of the molecule is COc1ccc(C(=O)N2c3ccccc3[C@H](N(C(C)=O)c3ccc(N4CCN(S(C)(=O)=O)CC4)cc3)C[C@@H]2C)cc1. The molecule has 2 atom stereocenters. The largest absolute Gasteiger partial charge is 0.497 e. The van der Waals surface area contributed by atoms with Crippen molar-refractivity contribution in [2.45, 2.75) is 32.4 Å². The number of rotatable bonds is 6. The van der Waals surface area contributed by atoms with Crippen LogP contribution in [0.1, 0.15) is 42.2 Å². The van der Waals surface area contributed by atoms with Crippen LogP contribution in [0.25, 0.3) is 0 Å². The maximum atomic E-state index is 13.7.